The molecule has 1 saturated heterocycles. The first kappa shape index (κ1) is 30.6. The van der Waals surface area contributed by atoms with Crippen molar-refractivity contribution in [2.24, 2.45) is 4.99 Å². The molecular formula is C32H30F4N6O2S. The fourth-order valence-corrected chi connectivity index (χ4v) is 6.26. The van der Waals surface area contributed by atoms with E-state index in [0.717, 1.165) is 41.0 Å². The number of ether oxygens (including phenoxy) is 1. The summed E-state index contributed by atoms with van der Waals surface area (Å²) < 4.78 is 56.6. The topological polar surface area (TPSA) is 84.6 Å². The van der Waals surface area contributed by atoms with Gasteiger partial charge in [-0.3, -0.25) is 0 Å². The molecule has 2 unspecified atom stereocenters. The van der Waals surface area contributed by atoms with E-state index in [1.807, 2.05) is 43.0 Å². The highest BCUT2D eigenvalue weighted by atomic mass is 32.2. The average molecular weight is 639 g/mol. The first-order chi connectivity index (χ1) is 21.5. The molecule has 6 rings (SSSR count). The summed E-state index contributed by atoms with van der Waals surface area (Å²) in [6.07, 6.45) is -1.54. The molecule has 1 saturated carbocycles. The Labute approximate surface area is 261 Å². The van der Waals surface area contributed by atoms with Crippen molar-refractivity contribution in [3.63, 3.8) is 0 Å². The van der Waals surface area contributed by atoms with Gasteiger partial charge in [-0.15, -0.1) is 18.3 Å². The van der Waals surface area contributed by atoms with Crippen LogP contribution >= 0.6 is 11.8 Å². The van der Waals surface area contributed by atoms with Crippen molar-refractivity contribution < 1.29 is 27.1 Å². The van der Waals surface area contributed by atoms with E-state index in [0.29, 0.717) is 23.2 Å². The summed E-state index contributed by atoms with van der Waals surface area (Å²) in [5, 5.41) is 8.09. The molecule has 2 amide bonds. The molecule has 2 aliphatic rings. The van der Waals surface area contributed by atoms with Crippen molar-refractivity contribution >= 4 is 28.6 Å². The van der Waals surface area contributed by atoms with Crippen LogP contribution in [0.5, 0.6) is 5.75 Å². The molecule has 3 aromatic carbocycles. The van der Waals surface area contributed by atoms with E-state index >= 15 is 0 Å². The zero-order chi connectivity index (χ0) is 31.7. The van der Waals surface area contributed by atoms with Crippen LogP contribution in [0.1, 0.15) is 49.7 Å². The molecule has 2 fully saturated rings. The minimum atomic E-state index is -4.76. The number of alkyl halides is 3. The van der Waals surface area contributed by atoms with Crippen LogP contribution in [0.3, 0.4) is 0 Å². The van der Waals surface area contributed by atoms with Crippen molar-refractivity contribution in [3.05, 3.63) is 90.0 Å². The van der Waals surface area contributed by atoms with E-state index in [1.165, 1.54) is 53.1 Å². The van der Waals surface area contributed by atoms with Gasteiger partial charge in [-0.25, -0.2) is 18.9 Å². The Hall–Kier alpha value is -4.39. The highest BCUT2D eigenvalue weighted by Crippen LogP contribution is 2.41. The standard InChI is InChI=1S/C32H30F4N6O2S/c1-19(2)25-16-22(33)8-13-28(25)41-14-3-15-45-31(41)39-30(43)38-27-17-26(27)20-4-6-21(7-5-20)29-37-18-42(40-29)23-9-11-24(12-10-23)44-32(34,35)36/h4-13,16,18-19,26-27H,3,14-15,17H2,1-2H3,(H,38,43)/b39-31-. The van der Waals surface area contributed by atoms with E-state index < -0.39 is 12.4 Å². The lowest BCUT2D eigenvalue weighted by Crippen LogP contribution is -2.36. The number of rotatable bonds is 7. The predicted molar refractivity (Wildman–Crippen MR) is 166 cm³/mol. The summed E-state index contributed by atoms with van der Waals surface area (Å²) in [5.74, 6) is 0.995. The van der Waals surface area contributed by atoms with Crippen LogP contribution in [0.15, 0.2) is 78.0 Å². The number of amides is 2. The lowest BCUT2D eigenvalue weighted by atomic mass is 10.00. The van der Waals surface area contributed by atoms with Crippen LogP contribution in [0, 0.1) is 5.82 Å². The number of hydrogen-bond donors (Lipinski definition) is 1. The Bertz CT molecular complexity index is 1710. The van der Waals surface area contributed by atoms with Gasteiger partial charge in [0.1, 0.15) is 17.9 Å². The van der Waals surface area contributed by atoms with Crippen molar-refractivity contribution in [3.8, 4) is 22.8 Å². The summed E-state index contributed by atoms with van der Waals surface area (Å²) in [5.41, 5.74) is 4.14. The third kappa shape index (κ3) is 7.30. The molecule has 234 valence electrons. The molecule has 0 bridgehead atoms. The minimum absolute atomic E-state index is 0.0339. The van der Waals surface area contributed by atoms with Crippen molar-refractivity contribution in [1.82, 2.24) is 20.1 Å². The second-order valence-electron chi connectivity index (χ2n) is 11.2. The first-order valence-corrected chi connectivity index (χ1v) is 15.5. The van der Waals surface area contributed by atoms with Crippen molar-refractivity contribution in [1.29, 1.82) is 0 Å². The van der Waals surface area contributed by atoms with Gasteiger partial charge in [-0.1, -0.05) is 49.9 Å². The summed E-state index contributed by atoms with van der Waals surface area (Å²) >= 11 is 1.53. The maximum Gasteiger partial charge on any atom is 0.573 e. The number of aromatic nitrogens is 3. The number of amidine groups is 1. The van der Waals surface area contributed by atoms with E-state index in [-0.39, 0.29) is 29.4 Å². The lowest BCUT2D eigenvalue weighted by Gasteiger charge is -2.32. The smallest absolute Gasteiger partial charge is 0.406 e. The quantitative estimate of drug-likeness (QED) is 0.209. The molecule has 1 aromatic heterocycles. The van der Waals surface area contributed by atoms with Crippen LogP contribution in [-0.4, -0.2) is 50.7 Å². The minimum Gasteiger partial charge on any atom is -0.406 e. The molecule has 13 heteroatoms. The van der Waals surface area contributed by atoms with Gasteiger partial charge in [0.2, 0.25) is 0 Å². The second kappa shape index (κ2) is 12.5. The number of nitrogens with one attached hydrogen (secondary N) is 1. The fraction of sp³-hybridized carbons (Fsp3) is 0.312. The summed E-state index contributed by atoms with van der Waals surface area (Å²) in [7, 11) is 0. The second-order valence-corrected chi connectivity index (χ2v) is 12.2. The molecule has 8 nitrogen and oxygen atoms in total. The van der Waals surface area contributed by atoms with Gasteiger partial charge in [-0.2, -0.15) is 4.99 Å². The summed E-state index contributed by atoms with van der Waals surface area (Å²) in [4.78, 5) is 23.7. The molecule has 1 aliphatic carbocycles. The Morgan fingerprint density at radius 2 is 1.84 bits per heavy atom. The molecule has 1 aliphatic heterocycles. The van der Waals surface area contributed by atoms with E-state index in [2.05, 4.69) is 25.1 Å². The Morgan fingerprint density at radius 3 is 2.56 bits per heavy atom. The van der Waals surface area contributed by atoms with E-state index in [4.69, 9.17) is 0 Å². The van der Waals surface area contributed by atoms with Gasteiger partial charge in [0, 0.05) is 35.5 Å². The van der Waals surface area contributed by atoms with Gasteiger partial charge < -0.3 is 15.0 Å². The van der Waals surface area contributed by atoms with E-state index in [9.17, 15) is 22.4 Å². The molecule has 0 spiro atoms. The lowest BCUT2D eigenvalue weighted by molar-refractivity contribution is -0.274. The van der Waals surface area contributed by atoms with Crippen LogP contribution < -0.4 is 15.0 Å². The van der Waals surface area contributed by atoms with Crippen molar-refractivity contribution in [2.45, 2.75) is 50.9 Å². The number of halogens is 4. The maximum atomic E-state index is 14.0. The number of nitrogens with zero attached hydrogens (tertiary/aromatic N) is 5. The third-order valence-electron chi connectivity index (χ3n) is 7.61. The largest absolute Gasteiger partial charge is 0.573 e. The maximum absolute atomic E-state index is 14.0. The molecular weight excluding hydrogens is 608 g/mol. The number of thioether (sulfide) groups is 1. The van der Waals surface area contributed by atoms with Gasteiger partial charge in [0.05, 0.1) is 5.69 Å². The van der Waals surface area contributed by atoms with Gasteiger partial charge in [0.15, 0.2) is 11.0 Å². The number of hydrogen-bond acceptors (Lipinski definition) is 5. The highest BCUT2D eigenvalue weighted by Gasteiger charge is 2.40. The Balaban J connectivity index is 1.07. The van der Waals surface area contributed by atoms with Crippen LogP contribution in [0.4, 0.5) is 28.0 Å². The van der Waals surface area contributed by atoms with Crippen LogP contribution in [0.25, 0.3) is 17.1 Å². The number of benzene rings is 3. The fourth-order valence-electron chi connectivity index (χ4n) is 5.31. The third-order valence-corrected chi connectivity index (χ3v) is 8.67. The summed E-state index contributed by atoms with van der Waals surface area (Å²) in [6.45, 7) is 4.74. The Morgan fingerprint density at radius 1 is 1.09 bits per heavy atom. The summed E-state index contributed by atoms with van der Waals surface area (Å²) in [6, 6.07) is 17.4. The van der Waals surface area contributed by atoms with Gasteiger partial charge >= 0.3 is 12.4 Å². The first-order valence-electron chi connectivity index (χ1n) is 14.5. The van der Waals surface area contributed by atoms with Crippen LogP contribution in [-0.2, 0) is 0 Å². The van der Waals surface area contributed by atoms with Gasteiger partial charge in [-0.05, 0) is 72.4 Å². The van der Waals surface area contributed by atoms with E-state index in [1.54, 1.807) is 12.1 Å². The molecule has 4 aromatic rings. The Kier molecular flexibility index (Phi) is 8.54. The number of carbonyl (C=O) groups is 1. The number of aliphatic imine (C=N–C) groups is 1. The monoisotopic (exact) mass is 638 g/mol. The normalized spacial score (nSPS) is 19.2. The number of carbonyl (C=O) groups excluding carboxylic acids is 1. The molecule has 45 heavy (non-hydrogen) atoms. The van der Waals surface area contributed by atoms with Crippen LogP contribution in [0.2, 0.25) is 0 Å². The van der Waals surface area contributed by atoms with Crippen molar-refractivity contribution in [2.75, 3.05) is 17.2 Å². The number of urea groups is 1. The molecule has 1 N–H and O–H groups in total. The molecule has 0 radical (unpaired) electrons. The average Bonchev–Trinajstić information content (AvgIpc) is 3.58. The zero-order valence-electron chi connectivity index (χ0n) is 24.5. The number of anilines is 1. The molecule has 2 heterocycles. The molecule has 2 atom stereocenters. The van der Waals surface area contributed by atoms with Gasteiger partial charge in [0.25, 0.3) is 0 Å². The highest BCUT2D eigenvalue weighted by molar-refractivity contribution is 8.14. The zero-order valence-corrected chi connectivity index (χ0v) is 25.3. The SMILES string of the molecule is CC(C)c1cc(F)ccc1N1CCCS/C1=N\C(=O)NC1CC1c1ccc(-c2ncn(-c3ccc(OC(F)(F)F)cc3)n2)cc1. The predicted octanol–water partition coefficient (Wildman–Crippen LogP) is 7.66.